The standard InChI is InChI=1S/C17H19N3O2S/c1-4-22-16-11(2)9-18-15(12(16)3)10-23(21)17-19-13-7-5-6-8-14(13)20-17/h5-9H,4,10H2,1-3H3,(H,19,20). The predicted octanol–water partition coefficient (Wildman–Crippen LogP) is 3.28. The van der Waals surface area contributed by atoms with Crippen LogP contribution in [0.4, 0.5) is 0 Å². The van der Waals surface area contributed by atoms with Gasteiger partial charge in [-0.1, -0.05) is 12.1 Å². The van der Waals surface area contributed by atoms with Gasteiger partial charge in [0.1, 0.15) is 5.75 Å². The van der Waals surface area contributed by atoms with Gasteiger partial charge in [-0.05, 0) is 32.9 Å². The Morgan fingerprint density at radius 2 is 2.04 bits per heavy atom. The molecule has 23 heavy (non-hydrogen) atoms. The molecule has 0 radical (unpaired) electrons. The third-order valence-corrected chi connectivity index (χ3v) is 4.85. The first-order chi connectivity index (χ1) is 11.1. The van der Waals surface area contributed by atoms with Crippen LogP contribution in [0, 0.1) is 13.8 Å². The summed E-state index contributed by atoms with van der Waals surface area (Å²) in [5.41, 5.74) is 4.41. The van der Waals surface area contributed by atoms with E-state index in [2.05, 4.69) is 15.0 Å². The second kappa shape index (κ2) is 6.50. The van der Waals surface area contributed by atoms with Crippen LogP contribution >= 0.6 is 0 Å². The molecule has 3 rings (SSSR count). The SMILES string of the molecule is CCOc1c(C)cnc(CS(=O)c2nc3ccccc3[nH]2)c1C. The summed E-state index contributed by atoms with van der Waals surface area (Å²) in [4.78, 5) is 11.9. The molecular formula is C17H19N3O2S. The van der Waals surface area contributed by atoms with Gasteiger partial charge in [-0.25, -0.2) is 4.98 Å². The first-order valence-electron chi connectivity index (χ1n) is 7.51. The number of pyridine rings is 1. The van der Waals surface area contributed by atoms with Crippen molar-refractivity contribution in [1.82, 2.24) is 15.0 Å². The molecule has 0 aliphatic rings. The Morgan fingerprint density at radius 1 is 1.26 bits per heavy atom. The molecule has 0 saturated heterocycles. The minimum atomic E-state index is -1.28. The van der Waals surface area contributed by atoms with Gasteiger partial charge in [-0.3, -0.25) is 9.19 Å². The molecule has 1 aromatic carbocycles. The van der Waals surface area contributed by atoms with Crippen LogP contribution in [0.1, 0.15) is 23.7 Å². The van der Waals surface area contributed by atoms with Crippen LogP contribution in [0.15, 0.2) is 35.6 Å². The highest BCUT2D eigenvalue weighted by Crippen LogP contribution is 2.26. The molecule has 0 aliphatic heterocycles. The lowest BCUT2D eigenvalue weighted by Gasteiger charge is -2.13. The Hall–Kier alpha value is -2.21. The molecular weight excluding hydrogens is 310 g/mol. The molecule has 1 unspecified atom stereocenters. The highest BCUT2D eigenvalue weighted by Gasteiger charge is 2.16. The maximum Gasteiger partial charge on any atom is 0.197 e. The Balaban J connectivity index is 1.89. The number of imidazole rings is 1. The zero-order valence-corrected chi connectivity index (χ0v) is 14.2. The summed E-state index contributed by atoms with van der Waals surface area (Å²) in [6.45, 7) is 6.46. The van der Waals surface area contributed by atoms with Gasteiger partial charge in [0.15, 0.2) is 5.16 Å². The number of aryl methyl sites for hydroxylation is 1. The van der Waals surface area contributed by atoms with E-state index in [-0.39, 0.29) is 0 Å². The van der Waals surface area contributed by atoms with Crippen molar-refractivity contribution >= 4 is 21.8 Å². The number of H-pyrrole nitrogens is 1. The third kappa shape index (κ3) is 3.12. The number of hydrogen-bond donors (Lipinski definition) is 1. The first-order valence-corrected chi connectivity index (χ1v) is 8.83. The van der Waals surface area contributed by atoms with Gasteiger partial charge in [0.05, 0.1) is 39.9 Å². The van der Waals surface area contributed by atoms with Gasteiger partial charge in [0, 0.05) is 17.3 Å². The Morgan fingerprint density at radius 3 is 2.78 bits per heavy atom. The number of rotatable bonds is 5. The predicted molar refractivity (Wildman–Crippen MR) is 91.1 cm³/mol. The number of aromatic nitrogens is 3. The van der Waals surface area contributed by atoms with E-state index in [0.717, 1.165) is 33.6 Å². The van der Waals surface area contributed by atoms with Gasteiger partial charge >= 0.3 is 0 Å². The molecule has 1 atom stereocenters. The maximum absolute atomic E-state index is 12.6. The van der Waals surface area contributed by atoms with Crippen LogP contribution in [0.3, 0.4) is 0 Å². The second-order valence-electron chi connectivity index (χ2n) is 5.32. The number of para-hydroxylation sites is 2. The fraction of sp³-hybridized carbons (Fsp3) is 0.294. The second-order valence-corrected chi connectivity index (χ2v) is 6.69. The Bertz CT molecular complexity index is 840. The zero-order chi connectivity index (χ0) is 16.4. The minimum absolute atomic E-state index is 0.312. The number of ether oxygens (including phenoxy) is 1. The largest absolute Gasteiger partial charge is 0.493 e. The van der Waals surface area contributed by atoms with Gasteiger partial charge < -0.3 is 9.72 Å². The van der Waals surface area contributed by atoms with Crippen molar-refractivity contribution in [2.75, 3.05) is 6.61 Å². The normalized spacial score (nSPS) is 12.5. The van der Waals surface area contributed by atoms with Crippen molar-refractivity contribution in [3.05, 3.63) is 47.3 Å². The van der Waals surface area contributed by atoms with Gasteiger partial charge in [0.25, 0.3) is 0 Å². The lowest BCUT2D eigenvalue weighted by atomic mass is 10.1. The molecule has 0 bridgehead atoms. The van der Waals surface area contributed by atoms with E-state index in [0.29, 0.717) is 17.5 Å². The molecule has 3 aromatic rings. The molecule has 6 heteroatoms. The molecule has 0 fully saturated rings. The van der Waals surface area contributed by atoms with Crippen molar-refractivity contribution in [1.29, 1.82) is 0 Å². The number of aromatic amines is 1. The Kier molecular flexibility index (Phi) is 4.43. The average Bonchev–Trinajstić information content (AvgIpc) is 2.98. The molecule has 0 spiro atoms. The molecule has 0 aliphatic carbocycles. The summed E-state index contributed by atoms with van der Waals surface area (Å²) < 4.78 is 18.3. The van der Waals surface area contributed by atoms with Crippen LogP contribution in [0.2, 0.25) is 0 Å². The van der Waals surface area contributed by atoms with Crippen molar-refractivity contribution < 1.29 is 8.95 Å². The molecule has 120 valence electrons. The van der Waals surface area contributed by atoms with E-state index in [4.69, 9.17) is 4.74 Å². The number of fused-ring (bicyclic) bond motifs is 1. The monoisotopic (exact) mass is 329 g/mol. The summed E-state index contributed by atoms with van der Waals surface area (Å²) >= 11 is 0. The van der Waals surface area contributed by atoms with Crippen molar-refractivity contribution in [3.8, 4) is 5.75 Å². The smallest absolute Gasteiger partial charge is 0.197 e. The molecule has 5 nitrogen and oxygen atoms in total. The molecule has 2 aromatic heterocycles. The topological polar surface area (TPSA) is 67.9 Å². The Labute approximate surface area is 137 Å². The number of nitrogens with zero attached hydrogens (tertiary/aromatic N) is 2. The van der Waals surface area contributed by atoms with Crippen molar-refractivity contribution in [2.45, 2.75) is 31.7 Å². The lowest BCUT2D eigenvalue weighted by Crippen LogP contribution is -2.06. The van der Waals surface area contributed by atoms with Crippen molar-refractivity contribution in [3.63, 3.8) is 0 Å². The summed E-state index contributed by atoms with van der Waals surface area (Å²) in [5, 5.41) is 0.478. The van der Waals surface area contributed by atoms with Crippen LogP contribution in [-0.2, 0) is 16.6 Å². The number of hydrogen-bond acceptors (Lipinski definition) is 4. The zero-order valence-electron chi connectivity index (χ0n) is 13.4. The first kappa shape index (κ1) is 15.7. The number of benzene rings is 1. The van der Waals surface area contributed by atoms with Crippen LogP contribution < -0.4 is 4.74 Å². The van der Waals surface area contributed by atoms with Crippen LogP contribution in [0.5, 0.6) is 5.75 Å². The summed E-state index contributed by atoms with van der Waals surface area (Å²) in [7, 11) is -1.28. The lowest BCUT2D eigenvalue weighted by molar-refractivity contribution is 0.334. The highest BCUT2D eigenvalue weighted by atomic mass is 32.2. The highest BCUT2D eigenvalue weighted by molar-refractivity contribution is 7.84. The van der Waals surface area contributed by atoms with Gasteiger partial charge in [-0.2, -0.15) is 0 Å². The molecule has 1 N–H and O–H groups in total. The van der Waals surface area contributed by atoms with E-state index >= 15 is 0 Å². The van der Waals surface area contributed by atoms with E-state index in [9.17, 15) is 4.21 Å². The molecule has 2 heterocycles. The minimum Gasteiger partial charge on any atom is -0.493 e. The maximum atomic E-state index is 12.6. The van der Waals surface area contributed by atoms with Crippen LogP contribution in [-0.4, -0.2) is 25.8 Å². The quantitative estimate of drug-likeness (QED) is 0.780. The fourth-order valence-electron chi connectivity index (χ4n) is 2.50. The summed E-state index contributed by atoms with van der Waals surface area (Å²) in [5.74, 6) is 1.14. The van der Waals surface area contributed by atoms with E-state index in [1.165, 1.54) is 0 Å². The summed E-state index contributed by atoms with van der Waals surface area (Å²) in [6.07, 6.45) is 1.77. The van der Waals surface area contributed by atoms with E-state index in [1.54, 1.807) is 6.20 Å². The molecule has 0 saturated carbocycles. The fourth-order valence-corrected chi connectivity index (χ4v) is 3.60. The van der Waals surface area contributed by atoms with Gasteiger partial charge in [-0.15, -0.1) is 0 Å². The third-order valence-electron chi connectivity index (χ3n) is 3.69. The van der Waals surface area contributed by atoms with E-state index < -0.39 is 10.8 Å². The molecule has 0 amide bonds. The number of nitrogens with one attached hydrogen (secondary N) is 1. The van der Waals surface area contributed by atoms with Gasteiger partial charge in [0.2, 0.25) is 0 Å². The average molecular weight is 329 g/mol. The summed E-state index contributed by atoms with van der Waals surface area (Å²) in [6, 6.07) is 7.66. The van der Waals surface area contributed by atoms with Crippen molar-refractivity contribution in [2.24, 2.45) is 0 Å². The van der Waals surface area contributed by atoms with E-state index in [1.807, 2.05) is 45.0 Å². The van der Waals surface area contributed by atoms with Crippen LogP contribution in [0.25, 0.3) is 11.0 Å².